The van der Waals surface area contributed by atoms with E-state index in [1.54, 1.807) is 18.7 Å². The average Bonchev–Trinajstić information content (AvgIpc) is 2.27. The molecule has 4 nitrogen and oxygen atoms in total. The van der Waals surface area contributed by atoms with Gasteiger partial charge in [-0.25, -0.2) is 0 Å². The molecule has 1 unspecified atom stereocenters. The van der Waals surface area contributed by atoms with Gasteiger partial charge in [0.15, 0.2) is 0 Å². The Hall–Kier alpha value is -0.900. The molecule has 1 saturated heterocycles. The molecule has 0 aromatic carbocycles. The molecule has 1 atom stereocenters. The molecule has 1 heterocycles. The molecule has 0 saturated carbocycles. The van der Waals surface area contributed by atoms with Crippen molar-refractivity contribution in [2.45, 2.75) is 20.3 Å². The summed E-state index contributed by atoms with van der Waals surface area (Å²) in [5.74, 6) is -0.528. The number of hydrogen-bond acceptors (Lipinski definition) is 3. The van der Waals surface area contributed by atoms with Crippen LogP contribution in [0.3, 0.4) is 0 Å². The zero-order valence-corrected chi connectivity index (χ0v) is 8.78. The van der Waals surface area contributed by atoms with Gasteiger partial charge in [0.1, 0.15) is 5.78 Å². The topological polar surface area (TPSA) is 46.6 Å². The van der Waals surface area contributed by atoms with Crippen molar-refractivity contribution in [3.05, 3.63) is 0 Å². The van der Waals surface area contributed by atoms with Crippen LogP contribution in [-0.2, 0) is 14.3 Å². The molecule has 0 aromatic heterocycles. The molecule has 1 aliphatic rings. The first-order valence-electron chi connectivity index (χ1n) is 5.06. The standard InChI is InChI=1S/C10H17NO3/c1-3-9(12)8(2)10(13)11-4-6-14-7-5-11/h8H,3-7H2,1-2H3. The van der Waals surface area contributed by atoms with Crippen molar-refractivity contribution in [1.29, 1.82) is 0 Å². The summed E-state index contributed by atoms with van der Waals surface area (Å²) in [6.07, 6.45) is 0.428. The smallest absolute Gasteiger partial charge is 0.233 e. The lowest BCUT2D eigenvalue weighted by molar-refractivity contribution is -0.143. The Morgan fingerprint density at radius 3 is 2.43 bits per heavy atom. The number of ether oxygens (including phenoxy) is 1. The minimum absolute atomic E-state index is 0.0153. The van der Waals surface area contributed by atoms with Crippen molar-refractivity contribution >= 4 is 11.7 Å². The fourth-order valence-electron chi connectivity index (χ4n) is 1.50. The zero-order chi connectivity index (χ0) is 10.6. The summed E-state index contributed by atoms with van der Waals surface area (Å²) < 4.78 is 5.14. The highest BCUT2D eigenvalue weighted by Gasteiger charge is 2.26. The van der Waals surface area contributed by atoms with Crippen LogP contribution >= 0.6 is 0 Å². The van der Waals surface area contributed by atoms with Crippen LogP contribution in [0.5, 0.6) is 0 Å². The van der Waals surface area contributed by atoms with Crippen molar-refractivity contribution < 1.29 is 14.3 Å². The van der Waals surface area contributed by atoms with E-state index in [9.17, 15) is 9.59 Å². The first-order valence-corrected chi connectivity index (χ1v) is 5.06. The summed E-state index contributed by atoms with van der Waals surface area (Å²) in [7, 11) is 0. The van der Waals surface area contributed by atoms with E-state index in [4.69, 9.17) is 4.74 Å². The van der Waals surface area contributed by atoms with E-state index >= 15 is 0 Å². The van der Waals surface area contributed by atoms with Gasteiger partial charge in [0.2, 0.25) is 5.91 Å². The van der Waals surface area contributed by atoms with E-state index in [1.165, 1.54) is 0 Å². The molecule has 0 bridgehead atoms. The van der Waals surface area contributed by atoms with Gasteiger partial charge in [0.25, 0.3) is 0 Å². The normalized spacial score (nSPS) is 19.1. The van der Waals surface area contributed by atoms with Crippen LogP contribution in [0.1, 0.15) is 20.3 Å². The maximum Gasteiger partial charge on any atom is 0.233 e. The number of morpholine rings is 1. The Labute approximate surface area is 84.2 Å². The van der Waals surface area contributed by atoms with Gasteiger partial charge in [-0.1, -0.05) is 6.92 Å². The van der Waals surface area contributed by atoms with Gasteiger partial charge in [0.05, 0.1) is 19.1 Å². The number of hydrogen-bond donors (Lipinski definition) is 0. The Kier molecular flexibility index (Phi) is 4.07. The van der Waals surface area contributed by atoms with Gasteiger partial charge in [-0.05, 0) is 6.92 Å². The second-order valence-corrected chi connectivity index (χ2v) is 3.48. The van der Waals surface area contributed by atoms with Crippen molar-refractivity contribution in [1.82, 2.24) is 4.90 Å². The van der Waals surface area contributed by atoms with Gasteiger partial charge >= 0.3 is 0 Å². The maximum atomic E-state index is 11.7. The average molecular weight is 199 g/mol. The largest absolute Gasteiger partial charge is 0.378 e. The minimum Gasteiger partial charge on any atom is -0.378 e. The number of rotatable bonds is 3. The van der Waals surface area contributed by atoms with Gasteiger partial charge in [0, 0.05) is 19.5 Å². The second-order valence-electron chi connectivity index (χ2n) is 3.48. The van der Waals surface area contributed by atoms with Gasteiger partial charge in [-0.15, -0.1) is 0 Å². The van der Waals surface area contributed by atoms with Crippen molar-refractivity contribution in [3.8, 4) is 0 Å². The Bertz CT molecular complexity index is 221. The lowest BCUT2D eigenvalue weighted by Gasteiger charge is -2.28. The van der Waals surface area contributed by atoms with Crippen molar-refractivity contribution in [3.63, 3.8) is 0 Å². The van der Waals surface area contributed by atoms with Crippen LogP contribution in [0.4, 0.5) is 0 Å². The Morgan fingerprint density at radius 1 is 1.36 bits per heavy atom. The number of ketones is 1. The van der Waals surface area contributed by atoms with Crippen LogP contribution in [0.2, 0.25) is 0 Å². The Morgan fingerprint density at radius 2 is 1.93 bits per heavy atom. The summed E-state index contributed by atoms with van der Waals surface area (Å²) >= 11 is 0. The second kappa shape index (κ2) is 5.10. The molecule has 0 spiro atoms. The maximum absolute atomic E-state index is 11.7. The summed E-state index contributed by atoms with van der Waals surface area (Å²) in [5, 5.41) is 0. The molecule has 80 valence electrons. The molecule has 4 heteroatoms. The fourth-order valence-corrected chi connectivity index (χ4v) is 1.50. The number of Topliss-reactive ketones (excluding diaryl/α,β-unsaturated/α-hetero) is 1. The fraction of sp³-hybridized carbons (Fsp3) is 0.800. The quantitative estimate of drug-likeness (QED) is 0.620. The summed E-state index contributed by atoms with van der Waals surface area (Å²) in [6, 6.07) is 0. The molecule has 14 heavy (non-hydrogen) atoms. The molecule has 1 rings (SSSR count). The van der Waals surface area contributed by atoms with Gasteiger partial charge < -0.3 is 9.64 Å². The predicted octanol–water partition coefficient (Wildman–Crippen LogP) is 0.460. The molecule has 1 amide bonds. The number of carbonyl (C=O) groups is 2. The van der Waals surface area contributed by atoms with E-state index in [2.05, 4.69) is 0 Å². The number of nitrogens with zero attached hydrogens (tertiary/aromatic N) is 1. The Balaban J connectivity index is 2.50. The molecular weight excluding hydrogens is 182 g/mol. The molecule has 0 aliphatic carbocycles. The van der Waals surface area contributed by atoms with Crippen molar-refractivity contribution in [2.75, 3.05) is 26.3 Å². The summed E-state index contributed by atoms with van der Waals surface area (Å²) in [5.41, 5.74) is 0. The third-order valence-electron chi connectivity index (χ3n) is 2.52. The van der Waals surface area contributed by atoms with E-state index in [1.807, 2.05) is 0 Å². The molecule has 0 radical (unpaired) electrons. The third kappa shape index (κ3) is 2.54. The third-order valence-corrected chi connectivity index (χ3v) is 2.52. The van der Waals surface area contributed by atoms with E-state index in [0.717, 1.165) is 0 Å². The van der Waals surface area contributed by atoms with Gasteiger partial charge in [-0.3, -0.25) is 9.59 Å². The van der Waals surface area contributed by atoms with Crippen molar-refractivity contribution in [2.24, 2.45) is 5.92 Å². The van der Waals surface area contributed by atoms with Crippen LogP contribution in [0, 0.1) is 5.92 Å². The van der Waals surface area contributed by atoms with E-state index < -0.39 is 5.92 Å². The number of carbonyl (C=O) groups excluding carboxylic acids is 2. The van der Waals surface area contributed by atoms with Crippen LogP contribution in [0.15, 0.2) is 0 Å². The minimum atomic E-state index is -0.488. The monoisotopic (exact) mass is 199 g/mol. The lowest BCUT2D eigenvalue weighted by atomic mass is 10.0. The lowest BCUT2D eigenvalue weighted by Crippen LogP contribution is -2.44. The zero-order valence-electron chi connectivity index (χ0n) is 8.78. The molecule has 0 aromatic rings. The molecular formula is C10H17NO3. The summed E-state index contributed by atoms with van der Waals surface area (Å²) in [6.45, 7) is 5.85. The first-order chi connectivity index (χ1) is 6.66. The summed E-state index contributed by atoms with van der Waals surface area (Å²) in [4.78, 5) is 24.8. The SMILES string of the molecule is CCC(=O)C(C)C(=O)N1CCOCC1. The predicted molar refractivity (Wildman–Crippen MR) is 51.9 cm³/mol. The van der Waals surface area contributed by atoms with E-state index in [0.29, 0.717) is 32.7 Å². The van der Waals surface area contributed by atoms with Crippen LogP contribution in [-0.4, -0.2) is 42.9 Å². The highest BCUT2D eigenvalue weighted by Crippen LogP contribution is 2.08. The van der Waals surface area contributed by atoms with E-state index in [-0.39, 0.29) is 11.7 Å². The van der Waals surface area contributed by atoms with Crippen LogP contribution in [0.25, 0.3) is 0 Å². The first kappa shape index (κ1) is 11.2. The molecule has 1 fully saturated rings. The number of amides is 1. The highest BCUT2D eigenvalue weighted by molar-refractivity contribution is 6.00. The molecule has 1 aliphatic heterocycles. The highest BCUT2D eigenvalue weighted by atomic mass is 16.5. The van der Waals surface area contributed by atoms with Crippen LogP contribution < -0.4 is 0 Å². The van der Waals surface area contributed by atoms with Gasteiger partial charge in [-0.2, -0.15) is 0 Å². The molecule has 0 N–H and O–H groups in total.